The van der Waals surface area contributed by atoms with E-state index in [1.165, 1.54) is 6.07 Å². The minimum Gasteiger partial charge on any atom is -0.391 e. The molecule has 31 heavy (non-hydrogen) atoms. The first-order valence-electron chi connectivity index (χ1n) is 10.8. The van der Waals surface area contributed by atoms with E-state index >= 15 is 0 Å². The van der Waals surface area contributed by atoms with E-state index in [9.17, 15) is 14.3 Å². The molecule has 5 nitrogen and oxygen atoms in total. The second-order valence-electron chi connectivity index (χ2n) is 9.79. The van der Waals surface area contributed by atoms with Gasteiger partial charge < -0.3 is 20.6 Å². The summed E-state index contributed by atoms with van der Waals surface area (Å²) in [5.74, 6) is 1.96. The highest BCUT2D eigenvalue weighted by atomic mass is 19.1. The highest BCUT2D eigenvalue weighted by Crippen LogP contribution is 2.29. The van der Waals surface area contributed by atoms with Crippen molar-refractivity contribution in [2.24, 2.45) is 5.41 Å². The van der Waals surface area contributed by atoms with Gasteiger partial charge in [0.25, 0.3) is 0 Å². The van der Waals surface area contributed by atoms with Crippen LogP contribution >= 0.6 is 0 Å². The summed E-state index contributed by atoms with van der Waals surface area (Å²) in [7, 11) is 0. The Morgan fingerprint density at radius 1 is 1.35 bits per heavy atom. The standard InChI is InChI=1S/C25H36FN3O2/c1-9-18-10-11-20(21(26)12-18)16(4)28-17(5)22-13-19(30)14-29(22)24(31)23(25(6,7)8)27-15(2)3/h1,10-12,15-16,19,22-23,27-28,30H,5,13-14H2,2-4,6-8H3/t16-,19+,22-,23+/m0/s1. The van der Waals surface area contributed by atoms with Crippen molar-refractivity contribution in [3.63, 3.8) is 0 Å². The predicted octanol–water partition coefficient (Wildman–Crippen LogP) is 3.35. The topological polar surface area (TPSA) is 64.6 Å². The van der Waals surface area contributed by atoms with Gasteiger partial charge in [-0.05, 0) is 24.5 Å². The van der Waals surface area contributed by atoms with Crippen molar-refractivity contribution in [2.75, 3.05) is 6.54 Å². The van der Waals surface area contributed by atoms with Crippen molar-refractivity contribution in [3.05, 3.63) is 47.4 Å². The lowest BCUT2D eigenvalue weighted by Crippen LogP contribution is -2.56. The van der Waals surface area contributed by atoms with E-state index < -0.39 is 18.0 Å². The zero-order valence-electron chi connectivity index (χ0n) is 19.5. The molecule has 0 unspecified atom stereocenters. The number of carbonyl (C=O) groups is 1. The Hall–Kier alpha value is -2.36. The Kier molecular flexibility index (Phi) is 7.91. The van der Waals surface area contributed by atoms with E-state index in [4.69, 9.17) is 6.42 Å². The number of hydrogen-bond donors (Lipinski definition) is 3. The number of rotatable bonds is 7. The van der Waals surface area contributed by atoms with Crippen LogP contribution in [-0.2, 0) is 4.79 Å². The largest absolute Gasteiger partial charge is 0.391 e. The summed E-state index contributed by atoms with van der Waals surface area (Å²) in [4.78, 5) is 15.2. The second kappa shape index (κ2) is 9.84. The van der Waals surface area contributed by atoms with Gasteiger partial charge >= 0.3 is 0 Å². The number of β-amino-alcohol motifs (C(OH)–C–C–N with tert-alkyl or cyclic N) is 1. The lowest BCUT2D eigenvalue weighted by molar-refractivity contribution is -0.137. The number of halogens is 1. The van der Waals surface area contributed by atoms with Gasteiger partial charge in [-0.3, -0.25) is 4.79 Å². The zero-order chi connectivity index (χ0) is 23.5. The molecule has 170 valence electrons. The van der Waals surface area contributed by atoms with Gasteiger partial charge in [0.05, 0.1) is 24.2 Å². The maximum atomic E-state index is 14.5. The number of amides is 1. The van der Waals surface area contributed by atoms with Crippen molar-refractivity contribution in [1.29, 1.82) is 0 Å². The van der Waals surface area contributed by atoms with E-state index in [0.29, 0.717) is 23.2 Å². The van der Waals surface area contributed by atoms with Gasteiger partial charge in [0.1, 0.15) is 5.82 Å². The molecular formula is C25H36FN3O2. The third-order valence-corrected chi connectivity index (χ3v) is 5.61. The molecule has 0 aromatic heterocycles. The Morgan fingerprint density at radius 3 is 2.52 bits per heavy atom. The number of terminal acetylenes is 1. The number of carbonyl (C=O) groups excluding carboxylic acids is 1. The Morgan fingerprint density at radius 2 is 2.00 bits per heavy atom. The molecule has 3 N–H and O–H groups in total. The fraction of sp³-hybridized carbons (Fsp3) is 0.560. The Labute approximate surface area is 186 Å². The molecule has 1 aromatic carbocycles. The van der Waals surface area contributed by atoms with Gasteiger partial charge in [0.15, 0.2) is 0 Å². The highest BCUT2D eigenvalue weighted by Gasteiger charge is 2.42. The fourth-order valence-electron chi connectivity index (χ4n) is 4.00. The molecule has 1 saturated heterocycles. The molecule has 4 atom stereocenters. The van der Waals surface area contributed by atoms with Gasteiger partial charge in [-0.15, -0.1) is 6.42 Å². The third-order valence-electron chi connectivity index (χ3n) is 5.61. The molecule has 0 spiro atoms. The molecule has 0 bridgehead atoms. The fourth-order valence-corrected chi connectivity index (χ4v) is 4.00. The van der Waals surface area contributed by atoms with E-state index in [2.05, 4.69) is 23.1 Å². The van der Waals surface area contributed by atoms with Crippen molar-refractivity contribution < 1.29 is 14.3 Å². The zero-order valence-corrected chi connectivity index (χ0v) is 19.5. The van der Waals surface area contributed by atoms with Crippen LogP contribution in [-0.4, -0.2) is 46.7 Å². The van der Waals surface area contributed by atoms with Gasteiger partial charge in [-0.25, -0.2) is 4.39 Å². The summed E-state index contributed by atoms with van der Waals surface area (Å²) in [5, 5.41) is 16.9. The molecule has 6 heteroatoms. The number of hydrogen-bond acceptors (Lipinski definition) is 4. The molecule has 0 aliphatic carbocycles. The quantitative estimate of drug-likeness (QED) is 0.582. The second-order valence-corrected chi connectivity index (χ2v) is 9.79. The van der Waals surface area contributed by atoms with Gasteiger partial charge in [-0.1, -0.05) is 53.2 Å². The van der Waals surface area contributed by atoms with Gasteiger partial charge in [-0.2, -0.15) is 0 Å². The van der Waals surface area contributed by atoms with Crippen LogP contribution in [0.25, 0.3) is 0 Å². The van der Waals surface area contributed by atoms with Crippen LogP contribution in [0.4, 0.5) is 4.39 Å². The molecule has 0 radical (unpaired) electrons. The van der Waals surface area contributed by atoms with Crippen LogP contribution in [0.2, 0.25) is 0 Å². The van der Waals surface area contributed by atoms with Crippen molar-refractivity contribution >= 4 is 5.91 Å². The van der Waals surface area contributed by atoms with Crippen molar-refractivity contribution in [3.8, 4) is 12.3 Å². The molecule has 1 amide bonds. The first kappa shape index (κ1) is 24.9. The van der Waals surface area contributed by atoms with E-state index in [-0.39, 0.29) is 36.0 Å². The lowest BCUT2D eigenvalue weighted by atomic mass is 9.85. The van der Waals surface area contributed by atoms with Crippen LogP contribution < -0.4 is 10.6 Å². The average molecular weight is 430 g/mol. The third kappa shape index (κ3) is 6.09. The first-order valence-corrected chi connectivity index (χ1v) is 10.8. The lowest BCUT2D eigenvalue weighted by Gasteiger charge is -2.37. The van der Waals surface area contributed by atoms with Gasteiger partial charge in [0, 0.05) is 35.8 Å². The predicted molar refractivity (Wildman–Crippen MR) is 123 cm³/mol. The Balaban J connectivity index is 2.20. The minimum atomic E-state index is -0.630. The van der Waals surface area contributed by atoms with Crippen molar-refractivity contribution in [1.82, 2.24) is 15.5 Å². The van der Waals surface area contributed by atoms with E-state index in [1.807, 2.05) is 41.5 Å². The maximum Gasteiger partial charge on any atom is 0.240 e. The average Bonchev–Trinajstić information content (AvgIpc) is 3.06. The first-order chi connectivity index (χ1) is 14.3. The summed E-state index contributed by atoms with van der Waals surface area (Å²) < 4.78 is 14.5. The monoisotopic (exact) mass is 429 g/mol. The normalized spacial score (nSPS) is 21.0. The summed E-state index contributed by atoms with van der Waals surface area (Å²) in [6.45, 7) is 16.3. The molecule has 2 rings (SSSR count). The number of nitrogens with zero attached hydrogens (tertiary/aromatic N) is 1. The number of aliphatic hydroxyl groups is 1. The van der Waals surface area contributed by atoms with Crippen LogP contribution in [0, 0.1) is 23.6 Å². The van der Waals surface area contributed by atoms with Crippen LogP contribution in [0.1, 0.15) is 65.1 Å². The molecule has 1 aromatic rings. The maximum absolute atomic E-state index is 14.5. The molecule has 1 aliphatic rings. The summed E-state index contributed by atoms with van der Waals surface area (Å²) in [5.41, 5.74) is 1.22. The van der Waals surface area contributed by atoms with E-state index in [0.717, 1.165) is 0 Å². The summed E-state index contributed by atoms with van der Waals surface area (Å²) in [6.07, 6.45) is 5.10. The van der Waals surface area contributed by atoms with Crippen molar-refractivity contribution in [2.45, 2.75) is 78.2 Å². The Bertz CT molecular complexity index is 853. The summed E-state index contributed by atoms with van der Waals surface area (Å²) >= 11 is 0. The number of aliphatic hydroxyl groups excluding tert-OH is 1. The number of benzene rings is 1. The highest BCUT2D eigenvalue weighted by molar-refractivity contribution is 5.83. The molecule has 0 saturated carbocycles. The van der Waals surface area contributed by atoms with Gasteiger partial charge in [0.2, 0.25) is 5.91 Å². The van der Waals surface area contributed by atoms with Crippen LogP contribution in [0.3, 0.4) is 0 Å². The molecule has 1 heterocycles. The smallest absolute Gasteiger partial charge is 0.240 e. The van der Waals surface area contributed by atoms with E-state index in [1.54, 1.807) is 17.0 Å². The van der Waals surface area contributed by atoms with Crippen LogP contribution in [0.15, 0.2) is 30.5 Å². The minimum absolute atomic E-state index is 0.0668. The number of likely N-dealkylation sites (tertiary alicyclic amines) is 1. The molecular weight excluding hydrogens is 393 g/mol. The van der Waals surface area contributed by atoms with Crippen LogP contribution in [0.5, 0.6) is 0 Å². The number of nitrogens with one attached hydrogen (secondary N) is 2. The SMILES string of the molecule is C#Cc1ccc([C@H](C)NC(=C)[C@@H]2C[C@@H](O)CN2C(=O)[C@@H](NC(C)C)C(C)(C)C)c(F)c1. The molecule has 1 aliphatic heterocycles. The molecule has 1 fully saturated rings. The summed E-state index contributed by atoms with van der Waals surface area (Å²) in [6, 6.07) is 3.66.